The van der Waals surface area contributed by atoms with E-state index in [1.165, 1.54) is 11.1 Å². The number of benzene rings is 1. The van der Waals surface area contributed by atoms with Crippen molar-refractivity contribution in [2.75, 3.05) is 25.6 Å². The van der Waals surface area contributed by atoms with E-state index in [1.54, 1.807) is 0 Å². The van der Waals surface area contributed by atoms with E-state index in [2.05, 4.69) is 10.2 Å². The zero-order chi connectivity index (χ0) is 13.8. The second kappa shape index (κ2) is 5.81. The fourth-order valence-corrected chi connectivity index (χ4v) is 2.07. The molecule has 0 saturated heterocycles. The van der Waals surface area contributed by atoms with Crippen LogP contribution >= 0.6 is 0 Å². The standard InChI is InChI=1S/C13H16N2O4/c1-15-5-9-2-3-11(4-10(9)6-15)14-12(16)7-19-8-13(17)18/h2-4H,5-8H2,1H3,(H,14,16)(H,17,18). The molecule has 0 fully saturated rings. The highest BCUT2D eigenvalue weighted by molar-refractivity contribution is 5.92. The van der Waals surface area contributed by atoms with Gasteiger partial charge >= 0.3 is 5.97 Å². The molecule has 1 aliphatic rings. The van der Waals surface area contributed by atoms with Crippen molar-refractivity contribution in [3.8, 4) is 0 Å². The van der Waals surface area contributed by atoms with Gasteiger partial charge in [0, 0.05) is 18.8 Å². The second-order valence-electron chi connectivity index (χ2n) is 4.59. The average molecular weight is 264 g/mol. The van der Waals surface area contributed by atoms with Crippen LogP contribution in [0.4, 0.5) is 5.69 Å². The third-order valence-corrected chi connectivity index (χ3v) is 2.83. The molecule has 0 spiro atoms. The van der Waals surface area contributed by atoms with Crippen molar-refractivity contribution in [2.45, 2.75) is 13.1 Å². The topological polar surface area (TPSA) is 78.9 Å². The SMILES string of the molecule is CN1Cc2ccc(NC(=O)COCC(=O)O)cc2C1. The Hall–Kier alpha value is -1.92. The fraction of sp³-hybridized carbons (Fsp3) is 0.385. The van der Waals surface area contributed by atoms with Gasteiger partial charge in [-0.2, -0.15) is 0 Å². The van der Waals surface area contributed by atoms with Crippen LogP contribution in [0.25, 0.3) is 0 Å². The minimum atomic E-state index is -1.09. The number of nitrogens with one attached hydrogen (secondary N) is 1. The van der Waals surface area contributed by atoms with Crippen LogP contribution in [0, 0.1) is 0 Å². The van der Waals surface area contributed by atoms with Crippen LogP contribution in [-0.4, -0.2) is 42.1 Å². The molecule has 1 amide bonds. The van der Waals surface area contributed by atoms with Gasteiger partial charge in [-0.3, -0.25) is 9.69 Å². The molecule has 19 heavy (non-hydrogen) atoms. The van der Waals surface area contributed by atoms with Crippen molar-refractivity contribution in [3.63, 3.8) is 0 Å². The molecule has 1 aromatic carbocycles. The third kappa shape index (κ3) is 3.77. The molecule has 102 valence electrons. The Morgan fingerprint density at radius 2 is 2.05 bits per heavy atom. The number of hydrogen-bond acceptors (Lipinski definition) is 4. The summed E-state index contributed by atoms with van der Waals surface area (Å²) in [6.07, 6.45) is 0. The number of nitrogens with zero attached hydrogens (tertiary/aromatic N) is 1. The normalized spacial score (nSPS) is 14.2. The number of carboxylic acids is 1. The van der Waals surface area contributed by atoms with Crippen molar-refractivity contribution >= 4 is 17.6 Å². The first-order valence-electron chi connectivity index (χ1n) is 5.94. The van der Waals surface area contributed by atoms with E-state index >= 15 is 0 Å². The van der Waals surface area contributed by atoms with E-state index in [1.807, 2.05) is 25.2 Å². The second-order valence-corrected chi connectivity index (χ2v) is 4.59. The van der Waals surface area contributed by atoms with Crippen molar-refractivity contribution in [3.05, 3.63) is 29.3 Å². The number of aliphatic carboxylic acids is 1. The number of anilines is 1. The van der Waals surface area contributed by atoms with Gasteiger partial charge in [-0.05, 0) is 30.3 Å². The maximum Gasteiger partial charge on any atom is 0.329 e. The molecule has 1 aliphatic heterocycles. The van der Waals surface area contributed by atoms with Crippen LogP contribution in [0.2, 0.25) is 0 Å². The minimum Gasteiger partial charge on any atom is -0.480 e. The van der Waals surface area contributed by atoms with Gasteiger partial charge in [0.25, 0.3) is 0 Å². The van der Waals surface area contributed by atoms with E-state index in [0.29, 0.717) is 5.69 Å². The maximum atomic E-state index is 11.5. The van der Waals surface area contributed by atoms with Crippen LogP contribution in [0.15, 0.2) is 18.2 Å². The molecular weight excluding hydrogens is 248 g/mol. The number of amides is 1. The first-order valence-corrected chi connectivity index (χ1v) is 5.94. The molecule has 0 saturated carbocycles. The van der Waals surface area contributed by atoms with E-state index in [0.717, 1.165) is 13.1 Å². The number of rotatable bonds is 5. The number of ether oxygens (including phenoxy) is 1. The molecular formula is C13H16N2O4. The van der Waals surface area contributed by atoms with Crippen LogP contribution in [0.1, 0.15) is 11.1 Å². The zero-order valence-corrected chi connectivity index (χ0v) is 10.7. The molecule has 2 N–H and O–H groups in total. The zero-order valence-electron chi connectivity index (χ0n) is 10.7. The molecule has 1 aromatic rings. The Labute approximate surface area is 111 Å². The van der Waals surface area contributed by atoms with E-state index < -0.39 is 12.6 Å². The molecule has 0 bridgehead atoms. The van der Waals surface area contributed by atoms with Crippen LogP contribution in [-0.2, 0) is 27.4 Å². The molecule has 0 atom stereocenters. The first-order chi connectivity index (χ1) is 9.04. The van der Waals surface area contributed by atoms with Crippen molar-refractivity contribution in [1.82, 2.24) is 4.90 Å². The van der Waals surface area contributed by atoms with Gasteiger partial charge in [0.1, 0.15) is 13.2 Å². The monoisotopic (exact) mass is 264 g/mol. The summed E-state index contributed by atoms with van der Waals surface area (Å²) in [7, 11) is 2.04. The number of carboxylic acid groups (broad SMARTS) is 1. The third-order valence-electron chi connectivity index (χ3n) is 2.83. The van der Waals surface area contributed by atoms with Gasteiger partial charge in [0.05, 0.1) is 0 Å². The van der Waals surface area contributed by atoms with Crippen molar-refractivity contribution in [1.29, 1.82) is 0 Å². The fourth-order valence-electron chi connectivity index (χ4n) is 2.07. The molecule has 0 radical (unpaired) electrons. The van der Waals surface area contributed by atoms with Crippen molar-refractivity contribution in [2.24, 2.45) is 0 Å². The van der Waals surface area contributed by atoms with E-state index in [-0.39, 0.29) is 12.5 Å². The summed E-state index contributed by atoms with van der Waals surface area (Å²) >= 11 is 0. The highest BCUT2D eigenvalue weighted by Gasteiger charge is 2.15. The molecule has 6 heteroatoms. The smallest absolute Gasteiger partial charge is 0.329 e. The number of hydrogen-bond donors (Lipinski definition) is 2. The lowest BCUT2D eigenvalue weighted by atomic mass is 10.1. The quantitative estimate of drug-likeness (QED) is 0.817. The van der Waals surface area contributed by atoms with Gasteiger partial charge in [-0.15, -0.1) is 0 Å². The Morgan fingerprint density at radius 1 is 1.32 bits per heavy atom. The molecule has 0 aromatic heterocycles. The molecule has 2 rings (SSSR count). The lowest BCUT2D eigenvalue weighted by Gasteiger charge is -2.07. The predicted molar refractivity (Wildman–Crippen MR) is 68.7 cm³/mol. The Balaban J connectivity index is 1.88. The Bertz CT molecular complexity index is 501. The molecule has 0 unspecified atom stereocenters. The van der Waals surface area contributed by atoms with Crippen molar-refractivity contribution < 1.29 is 19.4 Å². The highest BCUT2D eigenvalue weighted by Crippen LogP contribution is 2.24. The van der Waals surface area contributed by atoms with E-state index in [9.17, 15) is 9.59 Å². The summed E-state index contributed by atoms with van der Waals surface area (Å²) in [5, 5.41) is 11.1. The summed E-state index contributed by atoms with van der Waals surface area (Å²) in [5.74, 6) is -1.44. The summed E-state index contributed by atoms with van der Waals surface area (Å²) < 4.78 is 4.72. The molecule has 6 nitrogen and oxygen atoms in total. The van der Waals surface area contributed by atoms with Gasteiger partial charge < -0.3 is 15.2 Å². The average Bonchev–Trinajstić information content (AvgIpc) is 2.67. The minimum absolute atomic E-state index is 0.261. The summed E-state index contributed by atoms with van der Waals surface area (Å²) in [6.45, 7) is 1.06. The van der Waals surface area contributed by atoms with Gasteiger partial charge in [-0.1, -0.05) is 6.07 Å². The number of carbonyl (C=O) groups excluding carboxylic acids is 1. The van der Waals surface area contributed by atoms with Crippen LogP contribution < -0.4 is 5.32 Å². The molecule has 1 heterocycles. The maximum absolute atomic E-state index is 11.5. The lowest BCUT2D eigenvalue weighted by molar-refractivity contribution is -0.143. The highest BCUT2D eigenvalue weighted by atomic mass is 16.5. The van der Waals surface area contributed by atoms with Gasteiger partial charge in [0.2, 0.25) is 5.91 Å². The molecule has 0 aliphatic carbocycles. The Kier molecular flexibility index (Phi) is 4.13. The number of fused-ring (bicyclic) bond motifs is 1. The van der Waals surface area contributed by atoms with Crippen LogP contribution in [0.5, 0.6) is 0 Å². The summed E-state index contributed by atoms with van der Waals surface area (Å²) in [4.78, 5) is 23.9. The summed E-state index contributed by atoms with van der Waals surface area (Å²) in [6, 6.07) is 5.77. The van der Waals surface area contributed by atoms with E-state index in [4.69, 9.17) is 9.84 Å². The van der Waals surface area contributed by atoms with Gasteiger partial charge in [0.15, 0.2) is 0 Å². The Morgan fingerprint density at radius 3 is 2.79 bits per heavy atom. The largest absolute Gasteiger partial charge is 0.480 e. The predicted octanol–water partition coefficient (Wildman–Crippen LogP) is 0.672. The first kappa shape index (κ1) is 13.5. The summed E-state index contributed by atoms with van der Waals surface area (Å²) in [5.41, 5.74) is 3.17. The number of carbonyl (C=O) groups is 2. The van der Waals surface area contributed by atoms with Crippen LogP contribution in [0.3, 0.4) is 0 Å². The van der Waals surface area contributed by atoms with Gasteiger partial charge in [-0.25, -0.2) is 4.79 Å². The lowest BCUT2D eigenvalue weighted by Crippen LogP contribution is -2.20.